The van der Waals surface area contributed by atoms with Crippen molar-refractivity contribution in [1.82, 2.24) is 0 Å². The smallest absolute Gasteiger partial charge is 0.000729 e. The highest BCUT2D eigenvalue weighted by Gasteiger charge is 2.20. The average Bonchev–Trinajstić information content (AvgIpc) is 2.80. The molecule has 0 atom stereocenters. The highest BCUT2D eigenvalue weighted by molar-refractivity contribution is 5.85. The molecular formula is C18H16. The van der Waals surface area contributed by atoms with Gasteiger partial charge in [0.2, 0.25) is 0 Å². The molecule has 0 amide bonds. The van der Waals surface area contributed by atoms with Gasteiger partial charge in [0.05, 0.1) is 0 Å². The van der Waals surface area contributed by atoms with E-state index in [1.165, 1.54) is 33.4 Å². The molecule has 0 heterocycles. The maximum Gasteiger partial charge on any atom is -0.000729 e. The number of rotatable bonds is 2. The van der Waals surface area contributed by atoms with Crippen LogP contribution in [-0.4, -0.2) is 0 Å². The third-order valence-corrected chi connectivity index (χ3v) is 3.69. The van der Waals surface area contributed by atoms with E-state index in [1.807, 2.05) is 6.08 Å². The lowest BCUT2D eigenvalue weighted by molar-refractivity contribution is 1.25. The quantitative estimate of drug-likeness (QED) is 0.554. The van der Waals surface area contributed by atoms with Crippen LogP contribution in [0.15, 0.2) is 61.2 Å². The molecule has 0 saturated carbocycles. The van der Waals surface area contributed by atoms with Crippen LogP contribution in [0.5, 0.6) is 0 Å². The van der Waals surface area contributed by atoms with E-state index in [2.05, 4.69) is 62.0 Å². The molecular weight excluding hydrogens is 216 g/mol. The molecule has 0 bridgehead atoms. The van der Waals surface area contributed by atoms with Gasteiger partial charge in [0.25, 0.3) is 0 Å². The van der Waals surface area contributed by atoms with E-state index in [4.69, 9.17) is 0 Å². The molecule has 0 heteroatoms. The molecule has 18 heavy (non-hydrogen) atoms. The molecule has 2 aromatic rings. The molecule has 0 aliphatic heterocycles. The van der Waals surface area contributed by atoms with Crippen molar-refractivity contribution in [3.05, 3.63) is 77.9 Å². The molecule has 2 aromatic carbocycles. The fourth-order valence-corrected chi connectivity index (χ4v) is 2.81. The standard InChI is InChI=1S/C18H16/c1-3-13(4-2)15-10-7-11-17-16-9-6-5-8-14(16)12-18(15)17/h3-11H,1,12H2,2H3/b13-4+. The summed E-state index contributed by atoms with van der Waals surface area (Å²) in [6.07, 6.45) is 5.11. The zero-order valence-corrected chi connectivity index (χ0v) is 10.6. The summed E-state index contributed by atoms with van der Waals surface area (Å²) in [4.78, 5) is 0. The zero-order valence-electron chi connectivity index (χ0n) is 10.6. The molecule has 0 nitrogen and oxygen atoms in total. The van der Waals surface area contributed by atoms with Crippen molar-refractivity contribution in [3.8, 4) is 11.1 Å². The van der Waals surface area contributed by atoms with E-state index < -0.39 is 0 Å². The number of benzene rings is 2. The Morgan fingerprint density at radius 3 is 2.61 bits per heavy atom. The average molecular weight is 232 g/mol. The molecule has 3 rings (SSSR count). The van der Waals surface area contributed by atoms with E-state index >= 15 is 0 Å². The van der Waals surface area contributed by atoms with Gasteiger partial charge in [-0.25, -0.2) is 0 Å². The number of allylic oxidation sites excluding steroid dienone is 3. The van der Waals surface area contributed by atoms with Crippen LogP contribution in [0.1, 0.15) is 23.6 Å². The molecule has 0 aromatic heterocycles. The molecule has 0 fully saturated rings. The summed E-state index contributed by atoms with van der Waals surface area (Å²) in [6, 6.07) is 15.2. The van der Waals surface area contributed by atoms with Crippen molar-refractivity contribution in [2.75, 3.05) is 0 Å². The van der Waals surface area contributed by atoms with Crippen LogP contribution < -0.4 is 0 Å². The minimum Gasteiger partial charge on any atom is -0.0985 e. The summed E-state index contributed by atoms with van der Waals surface area (Å²) >= 11 is 0. The first-order chi connectivity index (χ1) is 8.85. The fraction of sp³-hybridized carbons (Fsp3) is 0.111. The minimum absolute atomic E-state index is 1.03. The first-order valence-corrected chi connectivity index (χ1v) is 6.34. The summed E-state index contributed by atoms with van der Waals surface area (Å²) in [5.41, 5.74) is 8.17. The van der Waals surface area contributed by atoms with Gasteiger partial charge in [-0.05, 0) is 46.7 Å². The maximum atomic E-state index is 3.91. The number of hydrogen-bond donors (Lipinski definition) is 0. The maximum absolute atomic E-state index is 3.91. The van der Waals surface area contributed by atoms with Gasteiger partial charge >= 0.3 is 0 Å². The summed E-state index contributed by atoms with van der Waals surface area (Å²) in [7, 11) is 0. The number of fused-ring (bicyclic) bond motifs is 3. The second kappa shape index (κ2) is 4.30. The van der Waals surface area contributed by atoms with E-state index in [9.17, 15) is 0 Å². The predicted octanol–water partition coefficient (Wildman–Crippen LogP) is 4.85. The van der Waals surface area contributed by atoms with Gasteiger partial charge in [-0.2, -0.15) is 0 Å². The van der Waals surface area contributed by atoms with Crippen molar-refractivity contribution in [2.45, 2.75) is 13.3 Å². The SMILES string of the molecule is C=C/C(=C\C)c1cccc2c1Cc1ccccc1-2. The Morgan fingerprint density at radius 2 is 1.83 bits per heavy atom. The molecule has 1 aliphatic rings. The third kappa shape index (κ3) is 1.53. The summed E-state index contributed by atoms with van der Waals surface area (Å²) in [5, 5.41) is 0. The normalized spacial score (nSPS) is 13.1. The van der Waals surface area contributed by atoms with Gasteiger partial charge in [-0.3, -0.25) is 0 Å². The Labute approximate surface area is 108 Å². The van der Waals surface area contributed by atoms with Crippen LogP contribution in [0.3, 0.4) is 0 Å². The van der Waals surface area contributed by atoms with Crippen molar-refractivity contribution in [1.29, 1.82) is 0 Å². The van der Waals surface area contributed by atoms with Gasteiger partial charge in [-0.1, -0.05) is 61.2 Å². The molecule has 0 unspecified atom stereocenters. The van der Waals surface area contributed by atoms with Gasteiger partial charge in [-0.15, -0.1) is 0 Å². The molecule has 1 aliphatic carbocycles. The van der Waals surface area contributed by atoms with Crippen molar-refractivity contribution < 1.29 is 0 Å². The van der Waals surface area contributed by atoms with Crippen LogP contribution in [0, 0.1) is 0 Å². The van der Waals surface area contributed by atoms with Crippen LogP contribution in [0.4, 0.5) is 0 Å². The fourth-order valence-electron chi connectivity index (χ4n) is 2.81. The van der Waals surface area contributed by atoms with Gasteiger partial charge in [0.1, 0.15) is 0 Å². The van der Waals surface area contributed by atoms with Crippen LogP contribution in [-0.2, 0) is 6.42 Å². The van der Waals surface area contributed by atoms with Crippen molar-refractivity contribution in [2.24, 2.45) is 0 Å². The summed E-state index contributed by atoms with van der Waals surface area (Å²) in [5.74, 6) is 0. The predicted molar refractivity (Wildman–Crippen MR) is 78.5 cm³/mol. The first kappa shape index (κ1) is 11.0. The molecule has 88 valence electrons. The Kier molecular flexibility index (Phi) is 2.64. The highest BCUT2D eigenvalue weighted by atomic mass is 14.2. The van der Waals surface area contributed by atoms with E-state index in [0.717, 1.165) is 6.42 Å². The highest BCUT2D eigenvalue weighted by Crippen LogP contribution is 2.39. The van der Waals surface area contributed by atoms with E-state index in [1.54, 1.807) is 0 Å². The minimum atomic E-state index is 1.03. The van der Waals surface area contributed by atoms with Crippen LogP contribution in [0.25, 0.3) is 16.7 Å². The van der Waals surface area contributed by atoms with Crippen molar-refractivity contribution >= 4 is 5.57 Å². The zero-order chi connectivity index (χ0) is 12.5. The summed E-state index contributed by atoms with van der Waals surface area (Å²) < 4.78 is 0. The summed E-state index contributed by atoms with van der Waals surface area (Å²) in [6.45, 7) is 5.98. The lowest BCUT2D eigenvalue weighted by Gasteiger charge is -2.09. The molecule has 0 N–H and O–H groups in total. The Morgan fingerprint density at radius 1 is 1.06 bits per heavy atom. The third-order valence-electron chi connectivity index (χ3n) is 3.69. The Balaban J connectivity index is 2.23. The Bertz CT molecular complexity index is 645. The largest absolute Gasteiger partial charge is 0.0985 e. The monoisotopic (exact) mass is 232 g/mol. The lowest BCUT2D eigenvalue weighted by atomic mass is 9.95. The topological polar surface area (TPSA) is 0 Å². The molecule has 0 saturated heterocycles. The van der Waals surface area contributed by atoms with Crippen LogP contribution in [0.2, 0.25) is 0 Å². The second-order valence-electron chi connectivity index (χ2n) is 4.61. The van der Waals surface area contributed by atoms with E-state index in [0.29, 0.717) is 0 Å². The van der Waals surface area contributed by atoms with Gasteiger partial charge in [0, 0.05) is 0 Å². The number of hydrogen-bond acceptors (Lipinski definition) is 0. The van der Waals surface area contributed by atoms with Crippen LogP contribution >= 0.6 is 0 Å². The molecule has 0 radical (unpaired) electrons. The van der Waals surface area contributed by atoms with Crippen molar-refractivity contribution in [3.63, 3.8) is 0 Å². The Hall–Kier alpha value is -2.08. The second-order valence-corrected chi connectivity index (χ2v) is 4.61. The first-order valence-electron chi connectivity index (χ1n) is 6.34. The van der Waals surface area contributed by atoms with Gasteiger partial charge < -0.3 is 0 Å². The van der Waals surface area contributed by atoms with Gasteiger partial charge in [0.15, 0.2) is 0 Å². The lowest BCUT2D eigenvalue weighted by Crippen LogP contribution is -1.90. The van der Waals surface area contributed by atoms with E-state index in [-0.39, 0.29) is 0 Å². The molecule has 0 spiro atoms.